The Balaban J connectivity index is 2.35. The summed E-state index contributed by atoms with van der Waals surface area (Å²) in [5.74, 6) is -0.0829. The van der Waals surface area contributed by atoms with E-state index in [2.05, 4.69) is 22.2 Å². The molecule has 0 aliphatic heterocycles. The second kappa shape index (κ2) is 8.36. The Morgan fingerprint density at radius 2 is 2.24 bits per heavy atom. The number of amides is 3. The lowest BCUT2D eigenvalue weighted by Gasteiger charge is -2.09. The molecular weight excluding hydrogens is 272 g/mol. The third-order valence-corrected chi connectivity index (χ3v) is 2.31. The molecule has 4 N–H and O–H groups in total. The number of hydrogen-bond acceptors (Lipinski definition) is 4. The van der Waals surface area contributed by atoms with Gasteiger partial charge in [-0.1, -0.05) is 12.7 Å². The van der Waals surface area contributed by atoms with Gasteiger partial charge in [-0.05, 0) is 19.1 Å². The molecule has 0 bridgehead atoms. The highest BCUT2D eigenvalue weighted by atomic mass is 16.5. The summed E-state index contributed by atoms with van der Waals surface area (Å²) in [6, 6.07) is 1.01. The number of urea groups is 1. The summed E-state index contributed by atoms with van der Waals surface area (Å²) in [7, 11) is 0. The number of pyridine rings is 1. The van der Waals surface area contributed by atoms with Crippen LogP contribution in [0.2, 0.25) is 0 Å². The molecule has 112 valence electrons. The van der Waals surface area contributed by atoms with Crippen molar-refractivity contribution < 1.29 is 14.3 Å². The van der Waals surface area contributed by atoms with Crippen molar-refractivity contribution in [2.45, 2.75) is 6.92 Å². The maximum absolute atomic E-state index is 11.6. The van der Waals surface area contributed by atoms with Gasteiger partial charge in [-0.15, -0.1) is 0 Å². The normalized spacial score (nSPS) is 10.1. The van der Waals surface area contributed by atoms with E-state index in [1.54, 1.807) is 12.2 Å². The first kappa shape index (κ1) is 16.2. The number of carbonyl (C=O) groups excluding carboxylic acids is 2. The Labute approximate surface area is 122 Å². The number of nitrogens with zero attached hydrogens (tertiary/aromatic N) is 1. The summed E-state index contributed by atoms with van der Waals surface area (Å²) in [5.41, 5.74) is 5.73. The maximum Gasteiger partial charge on any atom is 0.319 e. The molecule has 0 spiro atoms. The van der Waals surface area contributed by atoms with Crippen LogP contribution in [0.4, 0.5) is 10.5 Å². The Bertz CT molecular complexity index is 555. The lowest BCUT2D eigenvalue weighted by atomic mass is 10.2. The van der Waals surface area contributed by atoms with E-state index in [0.29, 0.717) is 24.6 Å². The summed E-state index contributed by atoms with van der Waals surface area (Å²) < 4.78 is 5.24. The Morgan fingerprint density at radius 3 is 2.90 bits per heavy atom. The van der Waals surface area contributed by atoms with Gasteiger partial charge in [0.15, 0.2) is 0 Å². The smallest absolute Gasteiger partial charge is 0.319 e. The van der Waals surface area contributed by atoms with Gasteiger partial charge >= 0.3 is 6.03 Å². The first-order chi connectivity index (χ1) is 10.0. The lowest BCUT2D eigenvalue weighted by Crippen LogP contribution is -2.31. The number of nitrogens with two attached hydrogens (primary N) is 1. The van der Waals surface area contributed by atoms with Crippen LogP contribution < -0.4 is 16.4 Å². The van der Waals surface area contributed by atoms with Crippen LogP contribution in [0, 0.1) is 0 Å². The first-order valence-electron chi connectivity index (χ1n) is 6.27. The molecule has 21 heavy (non-hydrogen) atoms. The molecule has 1 heterocycles. The molecule has 0 fully saturated rings. The van der Waals surface area contributed by atoms with Gasteiger partial charge in [0, 0.05) is 6.20 Å². The van der Waals surface area contributed by atoms with Crippen molar-refractivity contribution in [3.63, 3.8) is 0 Å². The highest BCUT2D eigenvalue weighted by Gasteiger charge is 2.05. The van der Waals surface area contributed by atoms with Gasteiger partial charge < -0.3 is 21.1 Å². The molecule has 0 radical (unpaired) electrons. The van der Waals surface area contributed by atoms with Crippen LogP contribution in [-0.4, -0.2) is 30.1 Å². The number of hydrogen-bond donors (Lipinski definition) is 3. The average Bonchev–Trinajstić information content (AvgIpc) is 2.44. The van der Waals surface area contributed by atoms with Crippen LogP contribution in [0.5, 0.6) is 0 Å². The van der Waals surface area contributed by atoms with Gasteiger partial charge in [0.2, 0.25) is 5.91 Å². The number of carbonyl (C=O) groups is 2. The van der Waals surface area contributed by atoms with Crippen molar-refractivity contribution >= 4 is 17.6 Å². The first-order valence-corrected chi connectivity index (χ1v) is 6.27. The fourth-order valence-corrected chi connectivity index (χ4v) is 1.40. The molecular formula is C14H18N4O3. The number of aromatic nitrogens is 1. The number of rotatable bonds is 7. The molecule has 1 aromatic rings. The van der Waals surface area contributed by atoms with E-state index in [1.807, 2.05) is 6.92 Å². The molecule has 0 saturated carbocycles. The van der Waals surface area contributed by atoms with Crippen LogP contribution in [0.3, 0.4) is 0 Å². The Kier molecular flexibility index (Phi) is 6.46. The van der Waals surface area contributed by atoms with Crippen LogP contribution in [0.1, 0.15) is 17.3 Å². The minimum absolute atomic E-state index is 0.221. The zero-order valence-electron chi connectivity index (χ0n) is 11.8. The van der Waals surface area contributed by atoms with Crippen LogP contribution in [-0.2, 0) is 4.74 Å². The van der Waals surface area contributed by atoms with Crippen molar-refractivity contribution in [1.29, 1.82) is 0 Å². The Hall–Kier alpha value is -2.83. The van der Waals surface area contributed by atoms with Crippen molar-refractivity contribution in [1.82, 2.24) is 10.3 Å². The molecule has 7 heteroatoms. The van der Waals surface area contributed by atoms with Crippen LogP contribution >= 0.6 is 0 Å². The SMILES string of the molecule is C=C(/C=C\C)OCCNC(=O)Nc1cncc(C(N)=O)c1. The molecule has 0 aliphatic rings. The zero-order valence-corrected chi connectivity index (χ0v) is 11.8. The van der Waals surface area contributed by atoms with Crippen molar-refractivity contribution in [3.8, 4) is 0 Å². The minimum atomic E-state index is -0.609. The predicted octanol–water partition coefficient (Wildman–Crippen LogP) is 1.41. The monoisotopic (exact) mass is 290 g/mol. The van der Waals surface area contributed by atoms with E-state index in [1.165, 1.54) is 18.5 Å². The van der Waals surface area contributed by atoms with Crippen molar-refractivity contribution in [3.05, 3.63) is 48.5 Å². The van der Waals surface area contributed by atoms with Crippen LogP contribution in [0.15, 0.2) is 43.0 Å². The summed E-state index contributed by atoms with van der Waals surface area (Å²) >= 11 is 0. The fraction of sp³-hybridized carbons (Fsp3) is 0.214. The molecule has 0 aromatic carbocycles. The molecule has 0 atom stereocenters. The fourth-order valence-electron chi connectivity index (χ4n) is 1.40. The average molecular weight is 290 g/mol. The highest BCUT2D eigenvalue weighted by molar-refractivity contribution is 5.95. The Morgan fingerprint density at radius 1 is 1.48 bits per heavy atom. The summed E-state index contributed by atoms with van der Waals surface area (Å²) in [6.07, 6.45) is 6.27. The number of ether oxygens (including phenoxy) is 1. The van der Waals surface area contributed by atoms with Gasteiger partial charge in [-0.25, -0.2) is 4.79 Å². The number of anilines is 1. The number of nitrogens with one attached hydrogen (secondary N) is 2. The van der Waals surface area contributed by atoms with Crippen LogP contribution in [0.25, 0.3) is 0 Å². The molecule has 1 rings (SSSR count). The predicted molar refractivity (Wildman–Crippen MR) is 79.7 cm³/mol. The molecule has 1 aromatic heterocycles. The van der Waals surface area contributed by atoms with E-state index in [-0.39, 0.29) is 5.56 Å². The summed E-state index contributed by atoms with van der Waals surface area (Å²) in [5, 5.41) is 5.13. The summed E-state index contributed by atoms with van der Waals surface area (Å²) in [4.78, 5) is 26.4. The van der Waals surface area contributed by atoms with Gasteiger partial charge in [-0.2, -0.15) is 0 Å². The van der Waals surface area contributed by atoms with E-state index >= 15 is 0 Å². The topological polar surface area (TPSA) is 106 Å². The molecule has 0 unspecified atom stereocenters. The van der Waals surface area contributed by atoms with E-state index in [9.17, 15) is 9.59 Å². The van der Waals surface area contributed by atoms with E-state index in [4.69, 9.17) is 10.5 Å². The van der Waals surface area contributed by atoms with Crippen molar-refractivity contribution in [2.75, 3.05) is 18.5 Å². The highest BCUT2D eigenvalue weighted by Crippen LogP contribution is 2.07. The third-order valence-electron chi connectivity index (χ3n) is 2.31. The zero-order chi connectivity index (χ0) is 15.7. The molecule has 0 saturated heterocycles. The second-order valence-electron chi connectivity index (χ2n) is 4.02. The third kappa shape index (κ3) is 6.24. The quantitative estimate of drug-likeness (QED) is 0.401. The summed E-state index contributed by atoms with van der Waals surface area (Å²) in [6.45, 7) is 6.13. The van der Waals surface area contributed by atoms with Gasteiger partial charge in [0.1, 0.15) is 12.4 Å². The van der Waals surface area contributed by atoms with Gasteiger partial charge in [0.25, 0.3) is 0 Å². The van der Waals surface area contributed by atoms with Gasteiger partial charge in [-0.3, -0.25) is 9.78 Å². The standard InChI is InChI=1S/C14H18N4O3/c1-3-4-10(2)21-6-5-17-14(20)18-12-7-11(13(15)19)8-16-9-12/h3-4,7-9H,2,5-6H2,1H3,(H2,15,19)(H2,17,18,20)/b4-3-. The second-order valence-corrected chi connectivity index (χ2v) is 4.02. The minimum Gasteiger partial charge on any atom is -0.492 e. The van der Waals surface area contributed by atoms with Crippen molar-refractivity contribution in [2.24, 2.45) is 5.73 Å². The molecule has 0 aliphatic carbocycles. The largest absolute Gasteiger partial charge is 0.492 e. The molecule has 3 amide bonds. The number of allylic oxidation sites excluding steroid dienone is 2. The number of primary amides is 1. The lowest BCUT2D eigenvalue weighted by molar-refractivity contribution is 0.1000. The van der Waals surface area contributed by atoms with E-state index in [0.717, 1.165) is 0 Å². The molecule has 7 nitrogen and oxygen atoms in total. The van der Waals surface area contributed by atoms with E-state index < -0.39 is 11.9 Å². The maximum atomic E-state index is 11.6. The van der Waals surface area contributed by atoms with Gasteiger partial charge in [0.05, 0.1) is 24.0 Å².